The highest BCUT2D eigenvalue weighted by atomic mass is 35.5. The molecule has 0 saturated heterocycles. The van der Waals surface area contributed by atoms with Crippen LogP contribution in [-0.4, -0.2) is 29.3 Å². The van der Waals surface area contributed by atoms with E-state index < -0.39 is 4.92 Å². The van der Waals surface area contributed by atoms with Crippen LogP contribution in [-0.2, 0) is 0 Å². The molecule has 5 nitrogen and oxygen atoms in total. The van der Waals surface area contributed by atoms with Crippen LogP contribution >= 0.6 is 11.6 Å². The van der Waals surface area contributed by atoms with Gasteiger partial charge in [-0.05, 0) is 19.1 Å². The number of carbonyl (C=O) groups is 1. The van der Waals surface area contributed by atoms with E-state index >= 15 is 0 Å². The molecular formula is C10H11ClN2O3. The van der Waals surface area contributed by atoms with Crippen molar-refractivity contribution >= 4 is 23.2 Å². The maximum atomic E-state index is 11.7. The normalized spacial score (nSPS) is 9.94. The van der Waals surface area contributed by atoms with E-state index in [4.69, 9.17) is 11.6 Å². The smallest absolute Gasteiger partial charge is 0.287 e. The van der Waals surface area contributed by atoms with Gasteiger partial charge in [-0.25, -0.2) is 0 Å². The topological polar surface area (TPSA) is 63.5 Å². The van der Waals surface area contributed by atoms with Crippen LogP contribution in [0.15, 0.2) is 18.2 Å². The highest BCUT2D eigenvalue weighted by molar-refractivity contribution is 6.33. The standard InChI is InChI=1S/C10H11ClN2O3/c1-3-12(2)10(14)7-4-5-9(13(15)16)8(11)6-7/h4-6H,3H2,1-2H3. The summed E-state index contributed by atoms with van der Waals surface area (Å²) in [5, 5.41) is 10.5. The predicted molar refractivity (Wildman–Crippen MR) is 60.7 cm³/mol. The molecule has 0 heterocycles. The molecule has 1 aromatic carbocycles. The van der Waals surface area contributed by atoms with Crippen LogP contribution in [0.25, 0.3) is 0 Å². The third-order valence-corrected chi connectivity index (χ3v) is 2.52. The van der Waals surface area contributed by atoms with Crippen molar-refractivity contribution in [2.45, 2.75) is 6.92 Å². The molecule has 6 heteroatoms. The van der Waals surface area contributed by atoms with Crippen LogP contribution in [0, 0.1) is 10.1 Å². The Kier molecular flexibility index (Phi) is 3.84. The molecule has 1 aromatic rings. The molecule has 86 valence electrons. The number of rotatable bonds is 3. The molecule has 0 N–H and O–H groups in total. The van der Waals surface area contributed by atoms with Crippen molar-refractivity contribution in [2.75, 3.05) is 13.6 Å². The molecule has 0 unspecified atom stereocenters. The summed E-state index contributed by atoms with van der Waals surface area (Å²) >= 11 is 5.70. The summed E-state index contributed by atoms with van der Waals surface area (Å²) < 4.78 is 0. The number of nitro groups is 1. The lowest BCUT2D eigenvalue weighted by Gasteiger charge is -2.14. The largest absolute Gasteiger partial charge is 0.342 e. The second-order valence-electron chi connectivity index (χ2n) is 3.24. The molecule has 0 spiro atoms. The summed E-state index contributed by atoms with van der Waals surface area (Å²) in [6, 6.07) is 3.95. The quantitative estimate of drug-likeness (QED) is 0.604. The van der Waals surface area contributed by atoms with Gasteiger partial charge < -0.3 is 4.90 Å². The second kappa shape index (κ2) is 4.94. The van der Waals surface area contributed by atoms with Gasteiger partial charge in [0.05, 0.1) is 4.92 Å². The molecule has 0 saturated carbocycles. The first-order valence-corrected chi connectivity index (χ1v) is 5.04. The van der Waals surface area contributed by atoms with E-state index in [1.165, 1.54) is 23.1 Å². The lowest BCUT2D eigenvalue weighted by Crippen LogP contribution is -2.26. The van der Waals surface area contributed by atoms with Crippen LogP contribution in [0.3, 0.4) is 0 Å². The Morgan fingerprint density at radius 3 is 2.62 bits per heavy atom. The fraction of sp³-hybridized carbons (Fsp3) is 0.300. The number of hydrogen-bond acceptors (Lipinski definition) is 3. The molecule has 0 fully saturated rings. The number of amides is 1. The molecule has 0 aliphatic carbocycles. The molecule has 1 rings (SSSR count). The van der Waals surface area contributed by atoms with E-state index in [0.717, 1.165) is 0 Å². The minimum absolute atomic E-state index is 0.0275. The summed E-state index contributed by atoms with van der Waals surface area (Å²) in [7, 11) is 1.65. The summed E-state index contributed by atoms with van der Waals surface area (Å²) in [5.74, 6) is -0.209. The Bertz CT molecular complexity index is 434. The van der Waals surface area contributed by atoms with Gasteiger partial charge in [-0.3, -0.25) is 14.9 Å². The minimum atomic E-state index is -0.583. The average Bonchev–Trinajstić information content (AvgIpc) is 2.26. The third kappa shape index (κ3) is 2.49. The van der Waals surface area contributed by atoms with Crippen LogP contribution in [0.1, 0.15) is 17.3 Å². The van der Waals surface area contributed by atoms with Crippen LogP contribution in [0.2, 0.25) is 5.02 Å². The van der Waals surface area contributed by atoms with E-state index in [1.54, 1.807) is 7.05 Å². The summed E-state index contributed by atoms with van der Waals surface area (Å²) in [5.41, 5.74) is 0.150. The van der Waals surface area contributed by atoms with Crippen molar-refractivity contribution in [1.82, 2.24) is 4.90 Å². The first-order chi connectivity index (χ1) is 7.47. The van der Waals surface area contributed by atoms with Crippen LogP contribution in [0.4, 0.5) is 5.69 Å². The summed E-state index contributed by atoms with van der Waals surface area (Å²) in [6.07, 6.45) is 0. The number of nitro benzene ring substituents is 1. The summed E-state index contributed by atoms with van der Waals surface area (Å²) in [6.45, 7) is 2.40. The van der Waals surface area contributed by atoms with Crippen molar-refractivity contribution in [3.05, 3.63) is 38.9 Å². The predicted octanol–water partition coefficient (Wildman–Crippen LogP) is 2.34. The zero-order valence-electron chi connectivity index (χ0n) is 8.94. The van der Waals surface area contributed by atoms with Gasteiger partial charge in [-0.1, -0.05) is 11.6 Å². The maximum Gasteiger partial charge on any atom is 0.287 e. The average molecular weight is 243 g/mol. The zero-order valence-corrected chi connectivity index (χ0v) is 9.69. The number of carbonyl (C=O) groups excluding carboxylic acids is 1. The highest BCUT2D eigenvalue weighted by Gasteiger charge is 2.16. The molecule has 0 atom stereocenters. The minimum Gasteiger partial charge on any atom is -0.342 e. The van der Waals surface area contributed by atoms with Gasteiger partial charge in [-0.15, -0.1) is 0 Å². The Morgan fingerprint density at radius 1 is 1.56 bits per heavy atom. The molecule has 0 aliphatic heterocycles. The monoisotopic (exact) mass is 242 g/mol. The van der Waals surface area contributed by atoms with E-state index in [9.17, 15) is 14.9 Å². The van der Waals surface area contributed by atoms with E-state index in [0.29, 0.717) is 12.1 Å². The Morgan fingerprint density at radius 2 is 2.19 bits per heavy atom. The molecule has 0 radical (unpaired) electrons. The van der Waals surface area contributed by atoms with E-state index in [-0.39, 0.29) is 16.6 Å². The van der Waals surface area contributed by atoms with Crippen molar-refractivity contribution in [2.24, 2.45) is 0 Å². The molecule has 0 bridgehead atoms. The van der Waals surface area contributed by atoms with Gasteiger partial charge in [0.1, 0.15) is 5.02 Å². The van der Waals surface area contributed by atoms with Crippen LogP contribution < -0.4 is 0 Å². The molecule has 0 aromatic heterocycles. The number of halogens is 1. The van der Waals surface area contributed by atoms with Crippen molar-refractivity contribution in [3.8, 4) is 0 Å². The van der Waals surface area contributed by atoms with Gasteiger partial charge in [0.15, 0.2) is 0 Å². The number of hydrogen-bond donors (Lipinski definition) is 0. The fourth-order valence-corrected chi connectivity index (χ4v) is 1.40. The Balaban J connectivity index is 3.06. The van der Waals surface area contributed by atoms with Gasteiger partial charge in [0, 0.05) is 25.2 Å². The van der Waals surface area contributed by atoms with E-state index in [1.807, 2.05) is 6.92 Å². The number of nitrogens with zero attached hydrogens (tertiary/aromatic N) is 2. The zero-order chi connectivity index (χ0) is 12.3. The van der Waals surface area contributed by atoms with Gasteiger partial charge >= 0.3 is 0 Å². The van der Waals surface area contributed by atoms with Gasteiger partial charge in [0.25, 0.3) is 11.6 Å². The van der Waals surface area contributed by atoms with E-state index in [2.05, 4.69) is 0 Å². The second-order valence-corrected chi connectivity index (χ2v) is 3.65. The molecule has 0 aliphatic rings. The first kappa shape index (κ1) is 12.4. The van der Waals surface area contributed by atoms with Crippen molar-refractivity contribution in [3.63, 3.8) is 0 Å². The lowest BCUT2D eigenvalue weighted by molar-refractivity contribution is -0.384. The maximum absolute atomic E-state index is 11.7. The number of benzene rings is 1. The van der Waals surface area contributed by atoms with Gasteiger partial charge in [-0.2, -0.15) is 0 Å². The lowest BCUT2D eigenvalue weighted by atomic mass is 10.2. The third-order valence-electron chi connectivity index (χ3n) is 2.21. The molecule has 1 amide bonds. The van der Waals surface area contributed by atoms with Gasteiger partial charge in [0.2, 0.25) is 0 Å². The fourth-order valence-electron chi connectivity index (χ4n) is 1.15. The molecular weight excluding hydrogens is 232 g/mol. The Hall–Kier alpha value is -1.62. The first-order valence-electron chi connectivity index (χ1n) is 4.66. The summed E-state index contributed by atoms with van der Waals surface area (Å²) in [4.78, 5) is 23.1. The highest BCUT2D eigenvalue weighted by Crippen LogP contribution is 2.25. The Labute approximate surface area is 97.8 Å². The SMILES string of the molecule is CCN(C)C(=O)c1ccc([N+](=O)[O-])c(Cl)c1. The molecule has 16 heavy (non-hydrogen) atoms. The van der Waals surface area contributed by atoms with Crippen molar-refractivity contribution < 1.29 is 9.72 Å². The van der Waals surface area contributed by atoms with Crippen LogP contribution in [0.5, 0.6) is 0 Å². The van der Waals surface area contributed by atoms with Crippen molar-refractivity contribution in [1.29, 1.82) is 0 Å².